The number of aromatic nitrogens is 1. The maximum atomic E-state index is 11.2. The van der Waals surface area contributed by atoms with Crippen LogP contribution < -0.4 is 4.74 Å². The lowest BCUT2D eigenvalue weighted by Crippen LogP contribution is -2.20. The number of nitrogens with one attached hydrogen (secondary N) is 1. The fourth-order valence-corrected chi connectivity index (χ4v) is 2.28. The number of H-pyrrole nitrogens is 1. The summed E-state index contributed by atoms with van der Waals surface area (Å²) in [5.74, 6) is 0.325. The SMILES string of the molecule is C=CCN(C)CCc1c[nH]c2cccc(OC(C)=O)c12. The Kier molecular flexibility index (Phi) is 4.58. The van der Waals surface area contributed by atoms with Crippen LogP contribution in [0.3, 0.4) is 0 Å². The second kappa shape index (κ2) is 6.39. The first-order valence-corrected chi connectivity index (χ1v) is 6.68. The number of ether oxygens (including phenoxy) is 1. The third-order valence-electron chi connectivity index (χ3n) is 3.21. The van der Waals surface area contributed by atoms with E-state index in [1.807, 2.05) is 30.5 Å². The summed E-state index contributed by atoms with van der Waals surface area (Å²) in [6, 6.07) is 5.69. The van der Waals surface area contributed by atoms with Gasteiger partial charge in [0.05, 0.1) is 0 Å². The lowest BCUT2D eigenvalue weighted by molar-refractivity contribution is -0.131. The Morgan fingerprint density at radius 1 is 1.50 bits per heavy atom. The lowest BCUT2D eigenvalue weighted by Gasteiger charge is -2.13. The van der Waals surface area contributed by atoms with Gasteiger partial charge < -0.3 is 14.6 Å². The highest BCUT2D eigenvalue weighted by molar-refractivity contribution is 5.91. The predicted molar refractivity (Wildman–Crippen MR) is 81.0 cm³/mol. The lowest BCUT2D eigenvalue weighted by atomic mass is 10.1. The summed E-state index contributed by atoms with van der Waals surface area (Å²) in [4.78, 5) is 16.6. The average molecular weight is 272 g/mol. The van der Waals surface area contributed by atoms with Gasteiger partial charge in [-0.2, -0.15) is 0 Å². The first-order chi connectivity index (χ1) is 9.61. The van der Waals surface area contributed by atoms with E-state index in [9.17, 15) is 4.79 Å². The van der Waals surface area contributed by atoms with Crippen LogP contribution in [-0.2, 0) is 11.2 Å². The summed E-state index contributed by atoms with van der Waals surface area (Å²) in [5, 5.41) is 0.995. The zero-order valence-corrected chi connectivity index (χ0v) is 12.0. The van der Waals surface area contributed by atoms with Gasteiger partial charge in [0, 0.05) is 37.1 Å². The van der Waals surface area contributed by atoms with Crippen molar-refractivity contribution in [1.29, 1.82) is 0 Å². The van der Waals surface area contributed by atoms with E-state index >= 15 is 0 Å². The topological polar surface area (TPSA) is 45.3 Å². The van der Waals surface area contributed by atoms with Crippen molar-refractivity contribution in [2.45, 2.75) is 13.3 Å². The van der Waals surface area contributed by atoms with Crippen LogP contribution in [0, 0.1) is 0 Å². The molecule has 0 unspecified atom stereocenters. The van der Waals surface area contributed by atoms with Crippen molar-refractivity contribution in [3.63, 3.8) is 0 Å². The summed E-state index contributed by atoms with van der Waals surface area (Å²) in [5.41, 5.74) is 2.15. The van der Waals surface area contributed by atoms with E-state index in [2.05, 4.69) is 23.5 Å². The molecule has 4 nitrogen and oxygen atoms in total. The van der Waals surface area contributed by atoms with Gasteiger partial charge in [0.15, 0.2) is 0 Å². The second-order valence-corrected chi connectivity index (χ2v) is 4.89. The molecule has 0 fully saturated rings. The molecule has 106 valence electrons. The summed E-state index contributed by atoms with van der Waals surface area (Å²) in [7, 11) is 2.06. The molecule has 0 bridgehead atoms. The van der Waals surface area contributed by atoms with Gasteiger partial charge in [-0.3, -0.25) is 4.79 Å². The number of esters is 1. The summed E-state index contributed by atoms with van der Waals surface area (Å²) in [6.45, 7) is 6.94. The molecular formula is C16H20N2O2. The van der Waals surface area contributed by atoms with Gasteiger partial charge in [0.25, 0.3) is 0 Å². The van der Waals surface area contributed by atoms with Gasteiger partial charge in [-0.05, 0) is 31.2 Å². The van der Waals surface area contributed by atoms with Crippen LogP contribution in [0.5, 0.6) is 5.75 Å². The molecule has 1 heterocycles. The minimum Gasteiger partial charge on any atom is -0.426 e. The molecule has 20 heavy (non-hydrogen) atoms. The maximum Gasteiger partial charge on any atom is 0.308 e. The molecule has 0 spiro atoms. The van der Waals surface area contributed by atoms with E-state index in [0.717, 1.165) is 36.0 Å². The quantitative estimate of drug-likeness (QED) is 0.499. The van der Waals surface area contributed by atoms with Crippen LogP contribution >= 0.6 is 0 Å². The molecule has 0 saturated heterocycles. The Morgan fingerprint density at radius 3 is 3.00 bits per heavy atom. The normalized spacial score (nSPS) is 10.9. The van der Waals surface area contributed by atoms with E-state index in [4.69, 9.17) is 4.74 Å². The monoisotopic (exact) mass is 272 g/mol. The van der Waals surface area contributed by atoms with E-state index in [0.29, 0.717) is 5.75 Å². The van der Waals surface area contributed by atoms with Gasteiger partial charge >= 0.3 is 5.97 Å². The fourth-order valence-electron chi connectivity index (χ4n) is 2.28. The van der Waals surface area contributed by atoms with Crippen molar-refractivity contribution >= 4 is 16.9 Å². The molecular weight excluding hydrogens is 252 g/mol. The Morgan fingerprint density at radius 2 is 2.30 bits per heavy atom. The Hall–Kier alpha value is -2.07. The molecule has 0 radical (unpaired) electrons. The average Bonchev–Trinajstić information content (AvgIpc) is 2.80. The molecule has 0 amide bonds. The number of carbonyl (C=O) groups excluding carboxylic acids is 1. The molecule has 0 atom stereocenters. The summed E-state index contributed by atoms with van der Waals surface area (Å²) in [6.07, 6.45) is 4.77. The van der Waals surface area contributed by atoms with Crippen LogP contribution in [0.15, 0.2) is 37.1 Å². The van der Waals surface area contributed by atoms with Crippen molar-refractivity contribution in [2.75, 3.05) is 20.1 Å². The molecule has 0 saturated carbocycles. The number of likely N-dealkylation sites (N-methyl/N-ethyl adjacent to an activating group) is 1. The molecule has 1 aromatic heterocycles. The highest BCUT2D eigenvalue weighted by Gasteiger charge is 2.11. The molecule has 1 aromatic carbocycles. The number of aromatic amines is 1. The number of benzene rings is 1. The van der Waals surface area contributed by atoms with Gasteiger partial charge in [-0.1, -0.05) is 12.1 Å². The van der Waals surface area contributed by atoms with Crippen molar-refractivity contribution in [1.82, 2.24) is 9.88 Å². The van der Waals surface area contributed by atoms with Crippen LogP contribution in [0.1, 0.15) is 12.5 Å². The van der Waals surface area contributed by atoms with Crippen LogP contribution in [0.25, 0.3) is 10.9 Å². The number of hydrogen-bond acceptors (Lipinski definition) is 3. The zero-order chi connectivity index (χ0) is 14.5. The predicted octanol–water partition coefficient (Wildman–Crippen LogP) is 2.75. The summed E-state index contributed by atoms with van der Waals surface area (Å²) >= 11 is 0. The third kappa shape index (κ3) is 3.27. The molecule has 4 heteroatoms. The van der Waals surface area contributed by atoms with E-state index < -0.39 is 0 Å². The molecule has 0 aliphatic rings. The first-order valence-electron chi connectivity index (χ1n) is 6.68. The van der Waals surface area contributed by atoms with E-state index in [1.54, 1.807) is 0 Å². The van der Waals surface area contributed by atoms with E-state index in [-0.39, 0.29) is 5.97 Å². The minimum absolute atomic E-state index is 0.298. The van der Waals surface area contributed by atoms with Gasteiger partial charge in [0.2, 0.25) is 0 Å². The van der Waals surface area contributed by atoms with Crippen LogP contribution in [-0.4, -0.2) is 36.0 Å². The molecule has 1 N–H and O–H groups in total. The van der Waals surface area contributed by atoms with Gasteiger partial charge in [-0.15, -0.1) is 6.58 Å². The third-order valence-corrected chi connectivity index (χ3v) is 3.21. The smallest absolute Gasteiger partial charge is 0.308 e. The van der Waals surface area contributed by atoms with Crippen LogP contribution in [0.2, 0.25) is 0 Å². The van der Waals surface area contributed by atoms with Crippen molar-refractivity contribution in [2.24, 2.45) is 0 Å². The highest BCUT2D eigenvalue weighted by Crippen LogP contribution is 2.29. The standard InChI is InChI=1S/C16H20N2O2/c1-4-9-18(3)10-8-13-11-17-14-6-5-7-15(16(13)14)20-12(2)19/h4-7,11,17H,1,8-10H2,2-3H3. The molecule has 0 aliphatic carbocycles. The number of rotatable bonds is 6. The Labute approximate surface area is 119 Å². The molecule has 0 aliphatic heterocycles. The van der Waals surface area contributed by atoms with Crippen molar-refractivity contribution in [3.05, 3.63) is 42.6 Å². The number of nitrogens with zero attached hydrogens (tertiary/aromatic N) is 1. The van der Waals surface area contributed by atoms with E-state index in [1.165, 1.54) is 6.92 Å². The molecule has 2 rings (SSSR count). The Bertz CT molecular complexity index is 616. The fraction of sp³-hybridized carbons (Fsp3) is 0.312. The van der Waals surface area contributed by atoms with Gasteiger partial charge in [-0.25, -0.2) is 0 Å². The first kappa shape index (κ1) is 14.3. The Balaban J connectivity index is 2.24. The number of hydrogen-bond donors (Lipinski definition) is 1. The van der Waals surface area contributed by atoms with Crippen molar-refractivity contribution < 1.29 is 9.53 Å². The zero-order valence-electron chi connectivity index (χ0n) is 12.0. The van der Waals surface area contributed by atoms with Gasteiger partial charge in [0.1, 0.15) is 5.75 Å². The minimum atomic E-state index is -0.298. The van der Waals surface area contributed by atoms with Crippen molar-refractivity contribution in [3.8, 4) is 5.75 Å². The highest BCUT2D eigenvalue weighted by atomic mass is 16.5. The maximum absolute atomic E-state index is 11.2. The molecule has 2 aromatic rings. The largest absolute Gasteiger partial charge is 0.426 e. The van der Waals surface area contributed by atoms with Crippen LogP contribution in [0.4, 0.5) is 0 Å². The number of carbonyl (C=O) groups is 1. The summed E-state index contributed by atoms with van der Waals surface area (Å²) < 4.78 is 5.29. The second-order valence-electron chi connectivity index (χ2n) is 4.89. The number of fused-ring (bicyclic) bond motifs is 1.